The number of ether oxygens (including phenoxy) is 1. The van der Waals surface area contributed by atoms with Crippen LogP contribution in [-0.2, 0) is 13.2 Å². The molecule has 0 aliphatic heterocycles. The average molecular weight is 300 g/mol. The number of rotatable bonds is 4. The first-order valence-electron chi connectivity index (χ1n) is 6.63. The van der Waals surface area contributed by atoms with Gasteiger partial charge in [-0.3, -0.25) is 4.68 Å². The summed E-state index contributed by atoms with van der Waals surface area (Å²) < 4.78 is 7.05. The van der Waals surface area contributed by atoms with E-state index < -0.39 is 0 Å². The van der Waals surface area contributed by atoms with E-state index in [4.69, 9.17) is 16.2 Å². The Morgan fingerprint density at radius 2 is 2.09 bits per heavy atom. The summed E-state index contributed by atoms with van der Waals surface area (Å²) in [6.07, 6.45) is 1.75. The van der Waals surface area contributed by atoms with Crippen molar-refractivity contribution < 1.29 is 9.84 Å². The maximum Gasteiger partial charge on any atom is 0.222 e. The van der Waals surface area contributed by atoms with Crippen molar-refractivity contribution in [2.24, 2.45) is 0 Å². The zero-order chi connectivity index (χ0) is 15.7. The molecule has 0 spiro atoms. The first-order chi connectivity index (χ1) is 10.6. The molecule has 22 heavy (non-hydrogen) atoms. The topological polar surface area (TPSA) is 125 Å². The molecule has 5 N–H and O–H groups in total. The SMILES string of the molecule is COc1cc(CO)ccc1Cn1cc2nc(N)nc(N)c2n1. The van der Waals surface area contributed by atoms with Gasteiger partial charge in [0.2, 0.25) is 5.95 Å². The number of hydrogen-bond acceptors (Lipinski definition) is 7. The van der Waals surface area contributed by atoms with Crippen molar-refractivity contribution >= 4 is 22.8 Å². The molecule has 0 aliphatic carbocycles. The highest BCUT2D eigenvalue weighted by molar-refractivity contribution is 5.84. The quantitative estimate of drug-likeness (QED) is 0.642. The van der Waals surface area contributed by atoms with Crippen molar-refractivity contribution in [3.63, 3.8) is 0 Å². The summed E-state index contributed by atoms with van der Waals surface area (Å²) in [5, 5.41) is 13.5. The third-order valence-electron chi connectivity index (χ3n) is 3.32. The van der Waals surface area contributed by atoms with Crippen LogP contribution in [-0.4, -0.2) is 32.0 Å². The fraction of sp³-hybridized carbons (Fsp3) is 0.214. The number of benzene rings is 1. The average Bonchev–Trinajstić information content (AvgIpc) is 2.90. The van der Waals surface area contributed by atoms with Gasteiger partial charge in [0.25, 0.3) is 0 Å². The molecule has 8 nitrogen and oxygen atoms in total. The Labute approximate surface area is 126 Å². The molecule has 8 heteroatoms. The number of aliphatic hydroxyl groups excluding tert-OH is 1. The maximum atomic E-state index is 9.18. The monoisotopic (exact) mass is 300 g/mol. The van der Waals surface area contributed by atoms with Crippen LogP contribution in [0.25, 0.3) is 11.0 Å². The molecule has 0 radical (unpaired) electrons. The molecule has 3 rings (SSSR count). The lowest BCUT2D eigenvalue weighted by Gasteiger charge is -2.10. The number of anilines is 2. The second-order valence-corrected chi connectivity index (χ2v) is 4.83. The first kappa shape index (κ1) is 14.1. The molecule has 1 aromatic carbocycles. The Kier molecular flexibility index (Phi) is 3.51. The third kappa shape index (κ3) is 2.51. The highest BCUT2D eigenvalue weighted by Gasteiger charge is 2.11. The van der Waals surface area contributed by atoms with Crippen LogP contribution in [0.15, 0.2) is 24.4 Å². The van der Waals surface area contributed by atoms with Crippen LogP contribution in [0.3, 0.4) is 0 Å². The van der Waals surface area contributed by atoms with E-state index in [0.29, 0.717) is 23.3 Å². The summed E-state index contributed by atoms with van der Waals surface area (Å²) in [5.74, 6) is 1.06. The van der Waals surface area contributed by atoms with Gasteiger partial charge in [-0.25, -0.2) is 4.98 Å². The van der Waals surface area contributed by atoms with Gasteiger partial charge in [-0.05, 0) is 11.6 Å². The van der Waals surface area contributed by atoms with E-state index in [0.717, 1.165) is 11.1 Å². The molecule has 2 aromatic heterocycles. The van der Waals surface area contributed by atoms with Crippen molar-refractivity contribution in [3.05, 3.63) is 35.5 Å². The van der Waals surface area contributed by atoms with E-state index in [1.807, 2.05) is 12.1 Å². The standard InChI is InChI=1S/C14H16N6O2/c1-22-11-4-8(7-21)2-3-9(11)5-20-6-10-12(19-20)13(15)18-14(16)17-10/h2-4,6,21H,5,7H2,1H3,(H4,15,16,17,18). The molecule has 0 saturated heterocycles. The zero-order valence-corrected chi connectivity index (χ0v) is 12.0. The van der Waals surface area contributed by atoms with Gasteiger partial charge in [0, 0.05) is 5.56 Å². The number of methoxy groups -OCH3 is 1. The molecule has 2 heterocycles. The number of aliphatic hydroxyl groups is 1. The van der Waals surface area contributed by atoms with E-state index in [9.17, 15) is 5.11 Å². The molecule has 0 saturated carbocycles. The molecular weight excluding hydrogens is 284 g/mol. The second kappa shape index (κ2) is 5.49. The van der Waals surface area contributed by atoms with Gasteiger partial charge >= 0.3 is 0 Å². The van der Waals surface area contributed by atoms with Crippen molar-refractivity contribution in [2.45, 2.75) is 13.2 Å². The maximum absolute atomic E-state index is 9.18. The number of nitrogen functional groups attached to an aromatic ring is 2. The number of hydrogen-bond donors (Lipinski definition) is 3. The Morgan fingerprint density at radius 1 is 1.27 bits per heavy atom. The van der Waals surface area contributed by atoms with Gasteiger partial charge in [-0.15, -0.1) is 0 Å². The molecule has 0 aliphatic rings. The van der Waals surface area contributed by atoms with Gasteiger partial charge in [-0.2, -0.15) is 10.1 Å². The number of nitrogens with zero attached hydrogens (tertiary/aromatic N) is 4. The Morgan fingerprint density at radius 3 is 2.82 bits per heavy atom. The first-order valence-corrected chi connectivity index (χ1v) is 6.63. The second-order valence-electron chi connectivity index (χ2n) is 4.83. The van der Waals surface area contributed by atoms with Gasteiger partial charge in [0.05, 0.1) is 26.5 Å². The highest BCUT2D eigenvalue weighted by Crippen LogP contribution is 2.23. The third-order valence-corrected chi connectivity index (χ3v) is 3.32. The minimum Gasteiger partial charge on any atom is -0.496 e. The van der Waals surface area contributed by atoms with E-state index in [-0.39, 0.29) is 18.4 Å². The van der Waals surface area contributed by atoms with E-state index in [1.54, 1.807) is 24.1 Å². The van der Waals surface area contributed by atoms with Crippen LogP contribution >= 0.6 is 0 Å². The van der Waals surface area contributed by atoms with E-state index in [2.05, 4.69) is 15.1 Å². The molecule has 0 fully saturated rings. The normalized spacial score (nSPS) is 11.0. The summed E-state index contributed by atoms with van der Waals surface area (Å²) in [6.45, 7) is 0.443. The van der Waals surface area contributed by atoms with Crippen molar-refractivity contribution in [3.8, 4) is 5.75 Å². The van der Waals surface area contributed by atoms with Crippen LogP contribution in [0.2, 0.25) is 0 Å². The predicted octanol–water partition coefficient (Wildman–Crippen LogP) is 0.540. The molecular formula is C14H16N6O2. The highest BCUT2D eigenvalue weighted by atomic mass is 16.5. The predicted molar refractivity (Wildman–Crippen MR) is 82.2 cm³/mol. The molecule has 3 aromatic rings. The summed E-state index contributed by atoms with van der Waals surface area (Å²) in [4.78, 5) is 8.00. The summed E-state index contributed by atoms with van der Waals surface area (Å²) in [6, 6.07) is 5.53. The number of aromatic nitrogens is 4. The largest absolute Gasteiger partial charge is 0.496 e. The van der Waals surface area contributed by atoms with Crippen LogP contribution in [0.4, 0.5) is 11.8 Å². The lowest BCUT2D eigenvalue weighted by atomic mass is 10.1. The summed E-state index contributed by atoms with van der Waals surface area (Å²) in [7, 11) is 1.59. The summed E-state index contributed by atoms with van der Waals surface area (Å²) in [5.41, 5.74) is 14.2. The molecule has 0 atom stereocenters. The van der Waals surface area contributed by atoms with Crippen molar-refractivity contribution in [1.82, 2.24) is 19.7 Å². The Bertz CT molecular complexity index is 830. The van der Waals surface area contributed by atoms with Crippen molar-refractivity contribution in [1.29, 1.82) is 0 Å². The van der Waals surface area contributed by atoms with Gasteiger partial charge in [-0.1, -0.05) is 12.1 Å². The van der Waals surface area contributed by atoms with E-state index in [1.165, 1.54) is 0 Å². The van der Waals surface area contributed by atoms with E-state index >= 15 is 0 Å². The summed E-state index contributed by atoms with van der Waals surface area (Å²) >= 11 is 0. The number of nitrogens with two attached hydrogens (primary N) is 2. The van der Waals surface area contributed by atoms with Gasteiger partial charge in [0.15, 0.2) is 11.3 Å². The minimum absolute atomic E-state index is 0.0340. The fourth-order valence-electron chi connectivity index (χ4n) is 2.27. The van der Waals surface area contributed by atoms with Crippen molar-refractivity contribution in [2.75, 3.05) is 18.6 Å². The van der Waals surface area contributed by atoms with Crippen LogP contribution in [0.5, 0.6) is 5.75 Å². The molecule has 0 amide bonds. The van der Waals surface area contributed by atoms with Crippen LogP contribution in [0, 0.1) is 0 Å². The number of fused-ring (bicyclic) bond motifs is 1. The van der Waals surface area contributed by atoms with Crippen LogP contribution < -0.4 is 16.2 Å². The lowest BCUT2D eigenvalue weighted by Crippen LogP contribution is -2.03. The Balaban J connectivity index is 1.98. The van der Waals surface area contributed by atoms with Gasteiger partial charge in [0.1, 0.15) is 11.3 Å². The van der Waals surface area contributed by atoms with Gasteiger partial charge < -0.3 is 21.3 Å². The molecule has 0 bridgehead atoms. The smallest absolute Gasteiger partial charge is 0.222 e. The Hall–Kier alpha value is -2.87. The zero-order valence-electron chi connectivity index (χ0n) is 12.0. The minimum atomic E-state index is -0.0340. The lowest BCUT2D eigenvalue weighted by molar-refractivity contribution is 0.281. The molecule has 114 valence electrons. The van der Waals surface area contributed by atoms with Crippen LogP contribution in [0.1, 0.15) is 11.1 Å². The fourth-order valence-corrected chi connectivity index (χ4v) is 2.27. The molecule has 0 unspecified atom stereocenters.